The lowest BCUT2D eigenvalue weighted by molar-refractivity contribution is -0.384. The molecule has 0 radical (unpaired) electrons. The van der Waals surface area contributed by atoms with E-state index in [0.29, 0.717) is 28.9 Å². The smallest absolute Gasteiger partial charge is 0.271 e. The van der Waals surface area contributed by atoms with Crippen molar-refractivity contribution in [2.24, 2.45) is 5.41 Å². The van der Waals surface area contributed by atoms with Crippen LogP contribution in [0.15, 0.2) is 47.7 Å². The fraction of sp³-hybridized carbons (Fsp3) is 0.333. The second-order valence-electron chi connectivity index (χ2n) is 9.15. The number of nitrogens with zero attached hydrogens (tertiary/aromatic N) is 2. The van der Waals surface area contributed by atoms with E-state index in [1.807, 2.05) is 13.8 Å². The Morgan fingerprint density at radius 1 is 1.19 bits per heavy atom. The number of nitro benzene ring substituents is 1. The Kier molecular flexibility index (Phi) is 5.41. The normalized spacial score (nSPS) is 20.4. The van der Waals surface area contributed by atoms with E-state index >= 15 is 0 Å². The van der Waals surface area contributed by atoms with E-state index in [9.17, 15) is 24.1 Å². The lowest BCUT2D eigenvalue weighted by Gasteiger charge is -2.43. The number of carbonyl (C=O) groups excluding carboxylic acids is 2. The van der Waals surface area contributed by atoms with E-state index in [0.717, 1.165) is 0 Å². The molecule has 2 aromatic carbocycles. The number of anilines is 1. The van der Waals surface area contributed by atoms with Crippen molar-refractivity contribution in [1.82, 2.24) is 0 Å². The fourth-order valence-corrected chi connectivity index (χ4v) is 5.03. The molecule has 8 heteroatoms. The number of allylic oxidation sites excluding steroid dienone is 2. The first-order chi connectivity index (χ1) is 15.0. The van der Waals surface area contributed by atoms with Gasteiger partial charge in [-0.25, -0.2) is 4.39 Å². The molecule has 2 aromatic rings. The summed E-state index contributed by atoms with van der Waals surface area (Å²) in [6.07, 6.45) is 0.489. The summed E-state index contributed by atoms with van der Waals surface area (Å²) in [6.45, 7) is 5.61. The number of amides is 1. The Morgan fingerprint density at radius 3 is 2.56 bits per heavy atom. The molecular weight excluding hydrogens is 435 g/mol. The van der Waals surface area contributed by atoms with Gasteiger partial charge in [-0.1, -0.05) is 37.6 Å². The molecule has 1 unspecified atom stereocenters. The second kappa shape index (κ2) is 7.81. The third kappa shape index (κ3) is 3.71. The van der Waals surface area contributed by atoms with E-state index in [-0.39, 0.29) is 40.8 Å². The number of carbonyl (C=O) groups is 2. The number of ketones is 1. The molecule has 1 aliphatic heterocycles. The van der Waals surface area contributed by atoms with E-state index in [1.165, 1.54) is 29.2 Å². The quantitative estimate of drug-likeness (QED) is 0.428. The number of nitro groups is 1. The van der Waals surface area contributed by atoms with E-state index in [1.54, 1.807) is 19.1 Å². The predicted molar refractivity (Wildman–Crippen MR) is 119 cm³/mol. The highest BCUT2D eigenvalue weighted by Crippen LogP contribution is 2.50. The number of halogens is 2. The first-order valence-electron chi connectivity index (χ1n) is 10.3. The first kappa shape index (κ1) is 22.1. The van der Waals surface area contributed by atoms with Gasteiger partial charge < -0.3 is 0 Å². The molecule has 0 fully saturated rings. The van der Waals surface area contributed by atoms with Crippen LogP contribution in [0.2, 0.25) is 5.02 Å². The summed E-state index contributed by atoms with van der Waals surface area (Å²) in [5.41, 5.74) is 1.41. The van der Waals surface area contributed by atoms with Crippen molar-refractivity contribution in [3.63, 3.8) is 0 Å². The molecule has 0 bridgehead atoms. The molecule has 1 atom stereocenters. The van der Waals surface area contributed by atoms with Crippen molar-refractivity contribution in [2.45, 2.75) is 46.0 Å². The van der Waals surface area contributed by atoms with Crippen LogP contribution in [0.1, 0.15) is 50.2 Å². The zero-order valence-corrected chi connectivity index (χ0v) is 18.7. The molecule has 0 saturated heterocycles. The van der Waals surface area contributed by atoms with Gasteiger partial charge in [0.25, 0.3) is 5.69 Å². The summed E-state index contributed by atoms with van der Waals surface area (Å²) >= 11 is 6.31. The molecule has 1 aliphatic carbocycles. The molecule has 0 saturated carbocycles. The average Bonchev–Trinajstić information content (AvgIpc) is 2.67. The summed E-state index contributed by atoms with van der Waals surface area (Å²) < 4.78 is 14.8. The van der Waals surface area contributed by atoms with Gasteiger partial charge in [0.05, 0.1) is 10.6 Å². The van der Waals surface area contributed by atoms with E-state index in [4.69, 9.17) is 11.6 Å². The minimum Gasteiger partial charge on any atom is -0.294 e. The van der Waals surface area contributed by atoms with Gasteiger partial charge in [-0.3, -0.25) is 24.6 Å². The Labute approximate surface area is 189 Å². The van der Waals surface area contributed by atoms with Crippen molar-refractivity contribution in [2.75, 3.05) is 4.90 Å². The van der Waals surface area contributed by atoms with Crippen LogP contribution in [-0.2, 0) is 9.59 Å². The van der Waals surface area contributed by atoms with Gasteiger partial charge >= 0.3 is 0 Å². The minimum atomic E-state index is -0.801. The van der Waals surface area contributed by atoms with Crippen molar-refractivity contribution in [1.29, 1.82) is 0 Å². The molecule has 1 heterocycles. The Hall–Kier alpha value is -3.06. The molecule has 32 heavy (non-hydrogen) atoms. The van der Waals surface area contributed by atoms with Gasteiger partial charge in [0.2, 0.25) is 5.91 Å². The van der Waals surface area contributed by atoms with Crippen molar-refractivity contribution < 1.29 is 18.9 Å². The maximum Gasteiger partial charge on any atom is 0.271 e. The molecule has 0 aromatic heterocycles. The monoisotopic (exact) mass is 456 g/mol. The van der Waals surface area contributed by atoms with E-state index < -0.39 is 22.1 Å². The summed E-state index contributed by atoms with van der Waals surface area (Å²) in [6, 6.07) is 8.59. The molecular formula is C24H22ClFN2O4. The van der Waals surface area contributed by atoms with Crippen LogP contribution in [-0.4, -0.2) is 16.6 Å². The lowest BCUT2D eigenvalue weighted by Crippen LogP contribution is -2.44. The standard InChI is InChI=1S/C24H22ClFN2O4/c1-13-7-8-14(28(31)32)9-18(13)27-19-11-24(2,3)12-20(29)23(19)15(10-21(27)30)22-16(25)5-4-6-17(22)26/h4-9,15H,10-12H2,1-3H3. The SMILES string of the molecule is Cc1ccc([N+](=O)[O-])cc1N1C(=O)CC(c2c(F)cccc2Cl)C2=C1CC(C)(C)CC2=O. The molecule has 166 valence electrons. The predicted octanol–water partition coefficient (Wildman–Crippen LogP) is 5.86. The second-order valence-corrected chi connectivity index (χ2v) is 9.56. The molecule has 0 N–H and O–H groups in total. The highest BCUT2D eigenvalue weighted by atomic mass is 35.5. The first-order valence-corrected chi connectivity index (χ1v) is 10.7. The zero-order chi connectivity index (χ0) is 23.4. The summed E-state index contributed by atoms with van der Waals surface area (Å²) in [4.78, 5) is 39.0. The molecule has 2 aliphatic rings. The maximum absolute atomic E-state index is 14.8. The molecule has 0 spiro atoms. The van der Waals surface area contributed by atoms with Crippen LogP contribution in [0, 0.1) is 28.3 Å². The van der Waals surface area contributed by atoms with Crippen molar-refractivity contribution in [3.05, 3.63) is 79.7 Å². The zero-order valence-electron chi connectivity index (χ0n) is 17.9. The van der Waals surface area contributed by atoms with E-state index in [2.05, 4.69) is 0 Å². The third-order valence-electron chi connectivity index (χ3n) is 6.14. The molecule has 4 rings (SSSR count). The Morgan fingerprint density at radius 2 is 1.91 bits per heavy atom. The minimum absolute atomic E-state index is 0.137. The van der Waals surface area contributed by atoms with Crippen LogP contribution >= 0.6 is 11.6 Å². The number of benzene rings is 2. The van der Waals surface area contributed by atoms with Crippen LogP contribution in [0.4, 0.5) is 15.8 Å². The number of rotatable bonds is 3. The van der Waals surface area contributed by atoms with Crippen LogP contribution in [0.25, 0.3) is 0 Å². The van der Waals surface area contributed by atoms with Crippen LogP contribution in [0.3, 0.4) is 0 Å². The maximum atomic E-state index is 14.8. The number of Topliss-reactive ketones (excluding diaryl/α,β-unsaturated/α-hetero) is 1. The summed E-state index contributed by atoms with van der Waals surface area (Å²) in [5, 5.41) is 11.5. The number of non-ortho nitro benzene ring substituents is 1. The third-order valence-corrected chi connectivity index (χ3v) is 6.47. The molecule has 1 amide bonds. The van der Waals surface area contributed by atoms with Gasteiger partial charge in [-0.2, -0.15) is 0 Å². The largest absolute Gasteiger partial charge is 0.294 e. The highest BCUT2D eigenvalue weighted by Gasteiger charge is 2.45. The Balaban J connectivity index is 1.98. The Bertz CT molecular complexity index is 1180. The van der Waals surface area contributed by atoms with Crippen molar-refractivity contribution >= 4 is 34.7 Å². The lowest BCUT2D eigenvalue weighted by atomic mass is 9.69. The van der Waals surface area contributed by atoms with Gasteiger partial charge in [-0.15, -0.1) is 0 Å². The highest BCUT2D eigenvalue weighted by molar-refractivity contribution is 6.31. The fourth-order valence-electron chi connectivity index (χ4n) is 4.74. The van der Waals surface area contributed by atoms with Gasteiger partial charge in [0.1, 0.15) is 5.82 Å². The van der Waals surface area contributed by atoms with Crippen LogP contribution in [0.5, 0.6) is 0 Å². The van der Waals surface area contributed by atoms with Gasteiger partial charge in [0.15, 0.2) is 5.78 Å². The number of hydrogen-bond donors (Lipinski definition) is 0. The summed E-state index contributed by atoms with van der Waals surface area (Å²) in [7, 11) is 0. The van der Waals surface area contributed by atoms with Crippen molar-refractivity contribution in [3.8, 4) is 0 Å². The van der Waals surface area contributed by atoms with Gasteiger partial charge in [-0.05, 0) is 36.5 Å². The average molecular weight is 457 g/mol. The number of hydrogen-bond acceptors (Lipinski definition) is 4. The summed E-state index contributed by atoms with van der Waals surface area (Å²) in [5.74, 6) is -1.90. The van der Waals surface area contributed by atoms with Gasteiger partial charge in [0, 0.05) is 52.7 Å². The van der Waals surface area contributed by atoms with Crippen LogP contribution < -0.4 is 4.90 Å². The molecule has 6 nitrogen and oxygen atoms in total. The number of aryl methyl sites for hydroxylation is 1. The topological polar surface area (TPSA) is 80.5 Å².